The standard InChI is InChI=1S/C67H45N/c1-3-22-52(23-4-1)67(53-24-5-2-6-25-53)65-32-14-13-30-62(65)63-42-41-56(45-66(63)67)68(55-39-35-48(36-40-55)64-44-51-18-8-10-27-59(51)60-28-11-12-29-61(60)64)54-37-33-46(34-38-54)49-20-15-21-50(43-49)58-31-16-19-47-17-7-9-26-57(47)58/h1-45H/i33D,34D,35D,36D,37D,38D,39D,40D. The number of hydrogen-bond donors (Lipinski definition) is 0. The second-order valence-corrected chi connectivity index (χ2v) is 17.3. The fraction of sp³-hybridized carbons (Fsp3) is 0.0149. The quantitative estimate of drug-likeness (QED) is 0.138. The van der Waals surface area contributed by atoms with Crippen LogP contribution in [0.3, 0.4) is 0 Å². The van der Waals surface area contributed by atoms with Crippen LogP contribution < -0.4 is 4.90 Å². The molecule has 0 heterocycles. The Kier molecular flexibility index (Phi) is 7.66. The molecular weight excluding hydrogens is 819 g/mol. The van der Waals surface area contributed by atoms with Gasteiger partial charge in [-0.1, -0.05) is 224 Å². The van der Waals surface area contributed by atoms with E-state index in [2.05, 4.69) is 54.6 Å². The van der Waals surface area contributed by atoms with E-state index in [4.69, 9.17) is 0 Å². The van der Waals surface area contributed by atoms with Crippen molar-refractivity contribution in [2.45, 2.75) is 5.41 Å². The van der Waals surface area contributed by atoms with Gasteiger partial charge in [0.1, 0.15) is 0 Å². The van der Waals surface area contributed by atoms with Crippen molar-refractivity contribution in [3.8, 4) is 44.5 Å². The third-order valence-corrected chi connectivity index (χ3v) is 13.7. The molecule has 0 aliphatic heterocycles. The summed E-state index contributed by atoms with van der Waals surface area (Å²) in [6, 6.07) is 71.0. The molecule has 68 heavy (non-hydrogen) atoms. The van der Waals surface area contributed by atoms with Gasteiger partial charge in [-0.3, -0.25) is 0 Å². The van der Waals surface area contributed by atoms with E-state index >= 15 is 0 Å². The maximum absolute atomic E-state index is 10.1. The van der Waals surface area contributed by atoms with Crippen molar-refractivity contribution < 1.29 is 11.0 Å². The average Bonchev–Trinajstić information content (AvgIpc) is 4.00. The first kappa shape index (κ1) is 32.0. The lowest BCUT2D eigenvalue weighted by atomic mass is 9.67. The molecule has 0 spiro atoms. The van der Waals surface area contributed by atoms with Crippen molar-refractivity contribution in [3.05, 3.63) is 295 Å². The van der Waals surface area contributed by atoms with E-state index in [1.165, 1.54) is 4.90 Å². The first-order chi connectivity index (χ1) is 37.1. The Labute approximate surface area is 408 Å². The van der Waals surface area contributed by atoms with Gasteiger partial charge in [0.25, 0.3) is 0 Å². The second kappa shape index (κ2) is 16.3. The summed E-state index contributed by atoms with van der Waals surface area (Å²) in [6.07, 6.45) is 0. The van der Waals surface area contributed by atoms with Gasteiger partial charge in [0, 0.05) is 17.1 Å². The summed E-state index contributed by atoms with van der Waals surface area (Å²) in [6.45, 7) is 0. The van der Waals surface area contributed by atoms with Gasteiger partial charge in [-0.2, -0.15) is 0 Å². The van der Waals surface area contributed by atoms with Crippen LogP contribution in [0.1, 0.15) is 33.2 Å². The minimum atomic E-state index is -0.889. The molecule has 0 radical (unpaired) electrons. The number of benzene rings is 12. The van der Waals surface area contributed by atoms with Crippen LogP contribution >= 0.6 is 0 Å². The minimum Gasteiger partial charge on any atom is -0.310 e. The van der Waals surface area contributed by atoms with E-state index < -0.39 is 29.6 Å². The summed E-state index contributed by atoms with van der Waals surface area (Å²) in [4.78, 5) is 1.43. The average molecular weight is 872 g/mol. The van der Waals surface area contributed by atoms with Gasteiger partial charge in [0.2, 0.25) is 0 Å². The topological polar surface area (TPSA) is 3.24 Å². The predicted molar refractivity (Wildman–Crippen MR) is 287 cm³/mol. The summed E-state index contributed by atoms with van der Waals surface area (Å²) in [5.74, 6) is 0. The largest absolute Gasteiger partial charge is 0.310 e. The Morgan fingerprint density at radius 2 is 0.809 bits per heavy atom. The molecule has 1 aliphatic carbocycles. The van der Waals surface area contributed by atoms with Crippen LogP contribution in [0.2, 0.25) is 0 Å². The third kappa shape index (κ3) is 6.39. The molecular formula is C67H45N. The Bertz CT molecular complexity index is 4240. The summed E-state index contributed by atoms with van der Waals surface area (Å²) in [5, 5.41) is 5.64. The molecule has 0 saturated heterocycles. The van der Waals surface area contributed by atoms with Crippen molar-refractivity contribution in [2.24, 2.45) is 0 Å². The van der Waals surface area contributed by atoms with E-state index in [-0.39, 0.29) is 46.7 Å². The predicted octanol–water partition coefficient (Wildman–Crippen LogP) is 18.0. The Hall–Kier alpha value is -8.78. The second-order valence-electron chi connectivity index (χ2n) is 17.3. The number of anilines is 3. The molecule has 12 aromatic rings. The highest BCUT2D eigenvalue weighted by molar-refractivity contribution is 6.13. The maximum atomic E-state index is 10.1. The Balaban J connectivity index is 1.09. The fourth-order valence-corrected chi connectivity index (χ4v) is 10.6. The molecule has 0 atom stereocenters. The van der Waals surface area contributed by atoms with Crippen molar-refractivity contribution in [3.63, 3.8) is 0 Å². The lowest BCUT2D eigenvalue weighted by Crippen LogP contribution is -2.28. The number of nitrogens with zero attached hydrogens (tertiary/aromatic N) is 1. The van der Waals surface area contributed by atoms with Crippen molar-refractivity contribution in [1.82, 2.24) is 0 Å². The van der Waals surface area contributed by atoms with Crippen LogP contribution in [0, 0.1) is 0 Å². The lowest BCUT2D eigenvalue weighted by Gasteiger charge is -2.35. The van der Waals surface area contributed by atoms with E-state index in [1.807, 2.05) is 164 Å². The van der Waals surface area contributed by atoms with Crippen molar-refractivity contribution >= 4 is 49.4 Å². The summed E-state index contributed by atoms with van der Waals surface area (Å²) in [7, 11) is 0. The van der Waals surface area contributed by atoms with Gasteiger partial charge in [-0.15, -0.1) is 0 Å². The smallest absolute Gasteiger partial charge is 0.0714 e. The van der Waals surface area contributed by atoms with Crippen LogP contribution in [-0.4, -0.2) is 0 Å². The molecule has 0 N–H and O–H groups in total. The van der Waals surface area contributed by atoms with Gasteiger partial charge >= 0.3 is 0 Å². The maximum Gasteiger partial charge on any atom is 0.0714 e. The number of hydrogen-bond acceptors (Lipinski definition) is 1. The number of fused-ring (bicyclic) bond motifs is 7. The van der Waals surface area contributed by atoms with E-state index in [9.17, 15) is 11.0 Å². The van der Waals surface area contributed by atoms with Crippen LogP contribution in [0.4, 0.5) is 17.1 Å². The fourth-order valence-electron chi connectivity index (χ4n) is 10.6. The van der Waals surface area contributed by atoms with E-state index in [0.29, 0.717) is 16.8 Å². The molecule has 318 valence electrons. The molecule has 0 unspecified atom stereocenters. The highest BCUT2D eigenvalue weighted by Gasteiger charge is 2.46. The Morgan fingerprint density at radius 3 is 1.54 bits per heavy atom. The van der Waals surface area contributed by atoms with Gasteiger partial charge < -0.3 is 4.90 Å². The van der Waals surface area contributed by atoms with E-state index in [1.54, 1.807) is 6.07 Å². The minimum absolute atomic E-state index is 0.0930. The SMILES string of the molecule is [2H]c1c([2H])c(N(c2ccc3c(c2)C(c2ccccc2)(c2ccccc2)c2ccccc2-3)c2c([2H])c([2H])c(-c3cc4ccccc4c4ccccc34)c([2H])c2[2H])c([2H])c([2H])c1-c1cccc(-c2cccc3ccccc23)c1. The van der Waals surface area contributed by atoms with Crippen LogP contribution in [0.5, 0.6) is 0 Å². The first-order valence-corrected chi connectivity index (χ1v) is 22.9. The molecule has 1 aliphatic rings. The molecule has 0 fully saturated rings. The summed E-state index contributed by atoms with van der Waals surface area (Å²) < 4.78 is 79.7. The van der Waals surface area contributed by atoms with Gasteiger partial charge in [-0.25, -0.2) is 0 Å². The normalized spacial score (nSPS) is 14.2. The first-order valence-electron chi connectivity index (χ1n) is 26.9. The van der Waals surface area contributed by atoms with Gasteiger partial charge in [-0.05, 0) is 148 Å². The summed E-state index contributed by atoms with van der Waals surface area (Å²) >= 11 is 0. The zero-order chi connectivity index (χ0) is 52.0. The van der Waals surface area contributed by atoms with Crippen molar-refractivity contribution in [1.29, 1.82) is 0 Å². The molecule has 12 aromatic carbocycles. The highest BCUT2D eigenvalue weighted by atomic mass is 15.1. The molecule has 0 saturated carbocycles. The third-order valence-electron chi connectivity index (χ3n) is 13.7. The molecule has 1 nitrogen and oxygen atoms in total. The van der Waals surface area contributed by atoms with Gasteiger partial charge in [0.15, 0.2) is 0 Å². The van der Waals surface area contributed by atoms with Crippen molar-refractivity contribution in [2.75, 3.05) is 4.90 Å². The molecule has 0 aromatic heterocycles. The van der Waals surface area contributed by atoms with Gasteiger partial charge in [0.05, 0.1) is 16.4 Å². The highest BCUT2D eigenvalue weighted by Crippen LogP contribution is 2.57. The molecule has 13 rings (SSSR count). The molecule has 0 bridgehead atoms. The molecule has 1 heteroatoms. The van der Waals surface area contributed by atoms with Crippen LogP contribution in [-0.2, 0) is 5.41 Å². The van der Waals surface area contributed by atoms with Crippen LogP contribution in [0.15, 0.2) is 273 Å². The molecule has 0 amide bonds. The lowest BCUT2D eigenvalue weighted by molar-refractivity contribution is 0.768. The summed E-state index contributed by atoms with van der Waals surface area (Å²) in [5.41, 5.74) is 7.89. The zero-order valence-electron chi connectivity index (χ0n) is 44.8. The Morgan fingerprint density at radius 1 is 0.279 bits per heavy atom. The monoisotopic (exact) mass is 871 g/mol. The number of rotatable bonds is 8. The van der Waals surface area contributed by atoms with Crippen LogP contribution in [0.25, 0.3) is 76.8 Å². The van der Waals surface area contributed by atoms with E-state index in [0.717, 1.165) is 76.8 Å². The zero-order valence-corrected chi connectivity index (χ0v) is 36.8.